The summed E-state index contributed by atoms with van der Waals surface area (Å²) in [6.45, 7) is 0.812. The zero-order valence-corrected chi connectivity index (χ0v) is 5.05. The Morgan fingerprint density at radius 2 is 2.75 bits per heavy atom. The molecule has 0 aromatic carbocycles. The van der Waals surface area contributed by atoms with Gasteiger partial charge in [-0.2, -0.15) is 0 Å². The second-order valence-corrected chi connectivity index (χ2v) is 1.96. The van der Waals surface area contributed by atoms with E-state index in [1.807, 2.05) is 6.20 Å². The standard InChI is InChI=1S/C6H11NO/c1-8-5-6-3-2-4-7-6/h2,4,6-7H,3,5H2,1H3. The summed E-state index contributed by atoms with van der Waals surface area (Å²) in [5, 5.41) is 3.15. The van der Waals surface area contributed by atoms with Crippen molar-refractivity contribution in [3.05, 3.63) is 12.3 Å². The molecule has 1 rings (SSSR count). The number of nitrogens with one attached hydrogen (secondary N) is 1. The molecule has 46 valence electrons. The molecule has 8 heavy (non-hydrogen) atoms. The third-order valence-corrected chi connectivity index (χ3v) is 1.24. The van der Waals surface area contributed by atoms with Crippen LogP contribution < -0.4 is 5.32 Å². The molecule has 0 aliphatic carbocycles. The van der Waals surface area contributed by atoms with Gasteiger partial charge in [-0.3, -0.25) is 0 Å². The Bertz CT molecular complexity index is 82.5. The average Bonchev–Trinajstić information content (AvgIpc) is 2.19. The summed E-state index contributed by atoms with van der Waals surface area (Å²) in [6, 6.07) is 0.528. The van der Waals surface area contributed by atoms with E-state index in [9.17, 15) is 0 Å². The van der Waals surface area contributed by atoms with E-state index in [1.54, 1.807) is 7.11 Å². The number of rotatable bonds is 2. The van der Waals surface area contributed by atoms with Gasteiger partial charge >= 0.3 is 0 Å². The maximum atomic E-state index is 4.92. The zero-order valence-electron chi connectivity index (χ0n) is 5.05. The number of methoxy groups -OCH3 is 1. The van der Waals surface area contributed by atoms with Gasteiger partial charge in [0.1, 0.15) is 0 Å². The lowest BCUT2D eigenvalue weighted by atomic mass is 10.3. The van der Waals surface area contributed by atoms with Gasteiger partial charge < -0.3 is 10.1 Å². The van der Waals surface area contributed by atoms with Crippen LogP contribution in [0.3, 0.4) is 0 Å². The lowest BCUT2D eigenvalue weighted by Gasteiger charge is -2.07. The molecular weight excluding hydrogens is 102 g/mol. The second-order valence-electron chi connectivity index (χ2n) is 1.96. The smallest absolute Gasteiger partial charge is 0.0666 e. The fraction of sp³-hybridized carbons (Fsp3) is 0.667. The zero-order chi connectivity index (χ0) is 5.82. The van der Waals surface area contributed by atoms with E-state index in [1.165, 1.54) is 0 Å². The normalized spacial score (nSPS) is 25.9. The Kier molecular flexibility index (Phi) is 1.92. The molecule has 0 aromatic rings. The minimum atomic E-state index is 0.528. The van der Waals surface area contributed by atoms with E-state index in [-0.39, 0.29) is 0 Å². The molecule has 0 aromatic heterocycles. The highest BCUT2D eigenvalue weighted by atomic mass is 16.5. The van der Waals surface area contributed by atoms with Crippen molar-refractivity contribution < 1.29 is 4.74 Å². The molecule has 2 heteroatoms. The van der Waals surface area contributed by atoms with Crippen LogP contribution in [0.1, 0.15) is 6.42 Å². The van der Waals surface area contributed by atoms with Crippen LogP contribution in [-0.2, 0) is 4.74 Å². The van der Waals surface area contributed by atoms with Crippen LogP contribution in [0, 0.1) is 0 Å². The second kappa shape index (κ2) is 2.72. The van der Waals surface area contributed by atoms with Crippen molar-refractivity contribution in [3.8, 4) is 0 Å². The SMILES string of the molecule is COCC1CC=CN1. The van der Waals surface area contributed by atoms with Gasteiger partial charge in [0, 0.05) is 7.11 Å². The lowest BCUT2D eigenvalue weighted by Crippen LogP contribution is -2.24. The monoisotopic (exact) mass is 113 g/mol. The Balaban J connectivity index is 2.10. The Labute approximate surface area is 49.5 Å². The van der Waals surface area contributed by atoms with E-state index in [0.717, 1.165) is 13.0 Å². The van der Waals surface area contributed by atoms with Crippen LogP contribution in [0.4, 0.5) is 0 Å². The van der Waals surface area contributed by atoms with Crippen molar-refractivity contribution in [1.29, 1.82) is 0 Å². The predicted octanol–water partition coefficient (Wildman–Crippen LogP) is 0.508. The van der Waals surface area contributed by atoms with Crippen LogP contribution in [0.2, 0.25) is 0 Å². The molecule has 0 saturated carbocycles. The maximum absolute atomic E-state index is 4.92. The topological polar surface area (TPSA) is 21.3 Å². The lowest BCUT2D eigenvalue weighted by molar-refractivity contribution is 0.175. The van der Waals surface area contributed by atoms with Crippen molar-refractivity contribution in [2.45, 2.75) is 12.5 Å². The van der Waals surface area contributed by atoms with Crippen molar-refractivity contribution in [3.63, 3.8) is 0 Å². The van der Waals surface area contributed by atoms with Crippen LogP contribution in [0.5, 0.6) is 0 Å². The summed E-state index contributed by atoms with van der Waals surface area (Å²) in [4.78, 5) is 0. The van der Waals surface area contributed by atoms with Crippen molar-refractivity contribution in [2.75, 3.05) is 13.7 Å². The first-order chi connectivity index (χ1) is 3.93. The first-order valence-corrected chi connectivity index (χ1v) is 2.83. The highest BCUT2D eigenvalue weighted by Crippen LogP contribution is 1.99. The molecule has 1 aliphatic heterocycles. The molecule has 1 unspecified atom stereocenters. The molecule has 0 spiro atoms. The highest BCUT2D eigenvalue weighted by Gasteiger charge is 2.06. The van der Waals surface area contributed by atoms with E-state index < -0.39 is 0 Å². The van der Waals surface area contributed by atoms with Crippen LogP contribution in [0.15, 0.2) is 12.3 Å². The van der Waals surface area contributed by atoms with E-state index in [0.29, 0.717) is 6.04 Å². The van der Waals surface area contributed by atoms with Crippen LogP contribution in [-0.4, -0.2) is 19.8 Å². The van der Waals surface area contributed by atoms with E-state index >= 15 is 0 Å². The average molecular weight is 113 g/mol. The van der Waals surface area contributed by atoms with Gasteiger partial charge in [0.05, 0.1) is 12.6 Å². The quantitative estimate of drug-likeness (QED) is 0.563. The summed E-state index contributed by atoms with van der Waals surface area (Å²) in [7, 11) is 1.72. The molecular formula is C6H11NO. The van der Waals surface area contributed by atoms with Crippen molar-refractivity contribution in [1.82, 2.24) is 5.32 Å². The molecule has 2 nitrogen and oxygen atoms in total. The summed E-state index contributed by atoms with van der Waals surface area (Å²) < 4.78 is 4.92. The number of ether oxygens (including phenoxy) is 1. The van der Waals surface area contributed by atoms with Gasteiger partial charge in [0.25, 0.3) is 0 Å². The van der Waals surface area contributed by atoms with Gasteiger partial charge in [-0.25, -0.2) is 0 Å². The summed E-state index contributed by atoms with van der Waals surface area (Å²) in [5.41, 5.74) is 0. The molecule has 1 N–H and O–H groups in total. The molecule has 0 bridgehead atoms. The van der Waals surface area contributed by atoms with Crippen molar-refractivity contribution >= 4 is 0 Å². The fourth-order valence-corrected chi connectivity index (χ4v) is 0.822. The predicted molar refractivity (Wildman–Crippen MR) is 32.6 cm³/mol. The minimum absolute atomic E-state index is 0.528. The van der Waals surface area contributed by atoms with Gasteiger partial charge in [-0.15, -0.1) is 0 Å². The summed E-state index contributed by atoms with van der Waals surface area (Å²) in [5.74, 6) is 0. The molecule has 0 radical (unpaired) electrons. The van der Waals surface area contributed by atoms with Gasteiger partial charge in [-0.1, -0.05) is 6.08 Å². The van der Waals surface area contributed by atoms with Gasteiger partial charge in [-0.05, 0) is 12.6 Å². The Hall–Kier alpha value is -0.500. The third-order valence-electron chi connectivity index (χ3n) is 1.24. The first kappa shape index (κ1) is 5.63. The summed E-state index contributed by atoms with van der Waals surface area (Å²) >= 11 is 0. The maximum Gasteiger partial charge on any atom is 0.0666 e. The number of hydrogen-bond donors (Lipinski definition) is 1. The number of hydrogen-bond acceptors (Lipinski definition) is 2. The Morgan fingerprint density at radius 1 is 1.88 bits per heavy atom. The molecule has 0 saturated heterocycles. The van der Waals surface area contributed by atoms with Gasteiger partial charge in [0.2, 0.25) is 0 Å². The first-order valence-electron chi connectivity index (χ1n) is 2.83. The largest absolute Gasteiger partial charge is 0.386 e. The fourth-order valence-electron chi connectivity index (χ4n) is 0.822. The van der Waals surface area contributed by atoms with E-state index in [4.69, 9.17) is 4.74 Å². The minimum Gasteiger partial charge on any atom is -0.386 e. The molecule has 1 atom stereocenters. The molecule has 1 heterocycles. The molecule has 0 fully saturated rings. The Morgan fingerprint density at radius 3 is 3.25 bits per heavy atom. The van der Waals surface area contributed by atoms with Crippen LogP contribution in [0.25, 0.3) is 0 Å². The third kappa shape index (κ3) is 1.23. The summed E-state index contributed by atoms with van der Waals surface area (Å²) in [6.07, 6.45) is 5.20. The van der Waals surface area contributed by atoms with E-state index in [2.05, 4.69) is 11.4 Å². The van der Waals surface area contributed by atoms with Gasteiger partial charge in [0.15, 0.2) is 0 Å². The highest BCUT2D eigenvalue weighted by molar-refractivity contribution is 4.94. The van der Waals surface area contributed by atoms with Crippen LogP contribution >= 0.6 is 0 Å². The molecule has 0 amide bonds. The van der Waals surface area contributed by atoms with Crippen molar-refractivity contribution in [2.24, 2.45) is 0 Å². The molecule has 1 aliphatic rings.